The first kappa shape index (κ1) is 15.1. The highest BCUT2D eigenvalue weighted by Gasteiger charge is 2.32. The van der Waals surface area contributed by atoms with Crippen molar-refractivity contribution in [3.8, 4) is 0 Å². The van der Waals surface area contributed by atoms with E-state index in [2.05, 4.69) is 17.9 Å². The fraction of sp³-hybridized carbons (Fsp3) is 0.200. The van der Waals surface area contributed by atoms with Crippen molar-refractivity contribution < 1.29 is 13.2 Å². The van der Waals surface area contributed by atoms with Crippen LogP contribution >= 0.6 is 12.6 Å². The minimum Gasteiger partial charge on any atom is -0.269 e. The normalized spacial score (nSPS) is 18.8. The Morgan fingerprint density at radius 1 is 0.955 bits per heavy atom. The number of benzene rings is 2. The summed E-state index contributed by atoms with van der Waals surface area (Å²) < 4.78 is 38.0. The number of alkyl halides is 3. The van der Waals surface area contributed by atoms with E-state index in [-0.39, 0.29) is 5.50 Å². The van der Waals surface area contributed by atoms with Crippen LogP contribution < -0.4 is 15.3 Å². The van der Waals surface area contributed by atoms with E-state index in [1.165, 1.54) is 12.1 Å². The minimum absolute atomic E-state index is 0.308. The fourth-order valence-electron chi connectivity index (χ4n) is 2.36. The van der Waals surface area contributed by atoms with Gasteiger partial charge in [-0.1, -0.05) is 18.2 Å². The van der Waals surface area contributed by atoms with Crippen LogP contribution in [0, 0.1) is 0 Å². The Morgan fingerprint density at radius 3 is 2.18 bits per heavy atom. The van der Waals surface area contributed by atoms with E-state index in [0.717, 1.165) is 17.8 Å². The zero-order valence-corrected chi connectivity index (χ0v) is 12.4. The van der Waals surface area contributed by atoms with Crippen LogP contribution in [0.25, 0.3) is 0 Å². The van der Waals surface area contributed by atoms with Crippen LogP contribution in [0.1, 0.15) is 5.56 Å². The molecule has 1 fully saturated rings. The summed E-state index contributed by atoms with van der Waals surface area (Å²) >= 11 is 4.44. The maximum absolute atomic E-state index is 12.7. The third-order valence-corrected chi connectivity index (χ3v) is 3.83. The van der Waals surface area contributed by atoms with Gasteiger partial charge in [-0.25, -0.2) is 0 Å². The highest BCUT2D eigenvalue weighted by molar-refractivity contribution is 7.81. The number of hydrazine groups is 1. The molecule has 1 saturated heterocycles. The van der Waals surface area contributed by atoms with Gasteiger partial charge >= 0.3 is 6.18 Å². The van der Waals surface area contributed by atoms with E-state index in [9.17, 15) is 13.2 Å². The van der Waals surface area contributed by atoms with E-state index >= 15 is 0 Å². The molecule has 0 aliphatic carbocycles. The molecule has 2 aromatic carbocycles. The molecule has 0 radical (unpaired) electrons. The summed E-state index contributed by atoms with van der Waals surface area (Å²) in [5.41, 5.74) is 0.607. The fourth-order valence-corrected chi connectivity index (χ4v) is 2.70. The smallest absolute Gasteiger partial charge is 0.269 e. The zero-order chi connectivity index (χ0) is 15.7. The second-order valence-electron chi connectivity index (χ2n) is 4.86. The van der Waals surface area contributed by atoms with Crippen molar-refractivity contribution >= 4 is 24.0 Å². The molecule has 0 saturated carbocycles. The predicted octanol–water partition coefficient (Wildman–Crippen LogP) is 3.71. The summed E-state index contributed by atoms with van der Waals surface area (Å²) in [7, 11) is 0. The molecule has 1 aliphatic heterocycles. The minimum atomic E-state index is -4.33. The lowest BCUT2D eigenvalue weighted by molar-refractivity contribution is -0.137. The van der Waals surface area contributed by atoms with Gasteiger partial charge in [0.25, 0.3) is 0 Å². The molecule has 1 aliphatic rings. The van der Waals surface area contributed by atoms with Crippen molar-refractivity contribution in [3.05, 3.63) is 60.2 Å². The predicted molar refractivity (Wildman–Crippen MR) is 83.6 cm³/mol. The maximum Gasteiger partial charge on any atom is 0.416 e. The number of nitrogens with zero attached hydrogens (tertiary/aromatic N) is 2. The van der Waals surface area contributed by atoms with Gasteiger partial charge in [0, 0.05) is 0 Å². The van der Waals surface area contributed by atoms with Crippen LogP contribution in [-0.2, 0) is 6.18 Å². The quantitative estimate of drug-likeness (QED) is 0.821. The average molecular weight is 325 g/mol. The molecular weight excluding hydrogens is 311 g/mol. The van der Waals surface area contributed by atoms with Crippen LogP contribution in [0.5, 0.6) is 0 Å². The first-order valence-corrected chi connectivity index (χ1v) is 7.19. The molecule has 22 heavy (non-hydrogen) atoms. The van der Waals surface area contributed by atoms with E-state index in [4.69, 9.17) is 0 Å². The lowest BCUT2D eigenvalue weighted by Gasteiger charge is -2.32. The van der Waals surface area contributed by atoms with Crippen LogP contribution in [0.3, 0.4) is 0 Å². The molecule has 0 aromatic heterocycles. The first-order chi connectivity index (χ1) is 10.5. The third kappa shape index (κ3) is 2.86. The molecule has 116 valence electrons. The number of nitrogens with one attached hydrogen (secondary N) is 1. The van der Waals surface area contributed by atoms with Gasteiger partial charge < -0.3 is 0 Å². The van der Waals surface area contributed by atoms with Crippen molar-refractivity contribution in [3.63, 3.8) is 0 Å². The molecular formula is C15H14F3N3S. The van der Waals surface area contributed by atoms with Gasteiger partial charge in [-0.3, -0.25) is 15.3 Å². The van der Waals surface area contributed by atoms with Crippen molar-refractivity contribution in [2.24, 2.45) is 0 Å². The lowest BCUT2D eigenvalue weighted by atomic mass is 10.2. The van der Waals surface area contributed by atoms with Gasteiger partial charge in [0.05, 0.1) is 23.6 Å². The summed E-state index contributed by atoms with van der Waals surface area (Å²) in [5, 5.41) is 6.90. The highest BCUT2D eigenvalue weighted by atomic mass is 32.1. The number of hydrogen-bond donors (Lipinski definition) is 2. The van der Waals surface area contributed by atoms with Crippen molar-refractivity contribution in [1.29, 1.82) is 0 Å². The molecule has 1 N–H and O–H groups in total. The standard InChI is InChI=1S/C15H14F3N3S/c16-15(17,18)11-6-8-13(9-7-11)21-14(22)19-10-20(21)12-4-2-1-3-5-12/h1-9,14,19,22H,10H2. The van der Waals surface area contributed by atoms with E-state index in [1.807, 2.05) is 40.3 Å². The molecule has 0 spiro atoms. The Hall–Kier alpha value is -1.86. The molecule has 0 amide bonds. The van der Waals surface area contributed by atoms with Gasteiger partial charge in [0.2, 0.25) is 0 Å². The number of thiol groups is 1. The SMILES string of the molecule is FC(F)(F)c1ccc(N2C(S)NCN2c2ccccc2)cc1. The first-order valence-electron chi connectivity index (χ1n) is 6.67. The van der Waals surface area contributed by atoms with Crippen LogP contribution in [0.2, 0.25) is 0 Å². The summed E-state index contributed by atoms with van der Waals surface area (Å²) in [6.45, 7) is 0.527. The average Bonchev–Trinajstić information content (AvgIpc) is 2.89. The second-order valence-corrected chi connectivity index (χ2v) is 5.35. The maximum atomic E-state index is 12.7. The van der Waals surface area contributed by atoms with Crippen molar-refractivity contribution in [2.45, 2.75) is 11.7 Å². The van der Waals surface area contributed by atoms with Crippen LogP contribution in [0.15, 0.2) is 54.6 Å². The molecule has 3 nitrogen and oxygen atoms in total. The molecule has 3 rings (SSSR count). The summed E-state index contributed by atoms with van der Waals surface area (Å²) in [5.74, 6) is 0. The number of rotatable bonds is 2. The Kier molecular flexibility index (Phi) is 3.92. The van der Waals surface area contributed by atoms with E-state index in [0.29, 0.717) is 12.4 Å². The van der Waals surface area contributed by atoms with Gasteiger partial charge in [0.15, 0.2) is 0 Å². The van der Waals surface area contributed by atoms with Crippen molar-refractivity contribution in [1.82, 2.24) is 5.32 Å². The molecule has 0 bridgehead atoms. The van der Waals surface area contributed by atoms with Crippen molar-refractivity contribution in [2.75, 3.05) is 16.7 Å². The lowest BCUT2D eigenvalue weighted by Crippen LogP contribution is -2.40. The topological polar surface area (TPSA) is 18.5 Å². The Labute approximate surface area is 131 Å². The highest BCUT2D eigenvalue weighted by Crippen LogP contribution is 2.33. The Balaban J connectivity index is 1.91. The molecule has 7 heteroatoms. The monoisotopic (exact) mass is 325 g/mol. The van der Waals surface area contributed by atoms with Gasteiger partial charge in [-0.2, -0.15) is 13.2 Å². The molecule has 2 aromatic rings. The molecule has 1 atom stereocenters. The van der Waals surface area contributed by atoms with Crippen LogP contribution in [0.4, 0.5) is 24.5 Å². The largest absolute Gasteiger partial charge is 0.416 e. The molecule has 1 unspecified atom stereocenters. The van der Waals surface area contributed by atoms with Gasteiger partial charge in [-0.05, 0) is 36.4 Å². The molecule has 1 heterocycles. The summed E-state index contributed by atoms with van der Waals surface area (Å²) in [4.78, 5) is 0. The summed E-state index contributed by atoms with van der Waals surface area (Å²) in [6.07, 6.45) is -4.33. The Bertz CT molecular complexity index is 631. The van der Waals surface area contributed by atoms with Gasteiger partial charge in [0.1, 0.15) is 5.50 Å². The number of anilines is 2. The van der Waals surface area contributed by atoms with E-state index in [1.54, 1.807) is 0 Å². The summed E-state index contributed by atoms with van der Waals surface area (Å²) in [6, 6.07) is 14.7. The number of para-hydroxylation sites is 1. The van der Waals surface area contributed by atoms with E-state index < -0.39 is 11.7 Å². The Morgan fingerprint density at radius 2 is 1.59 bits per heavy atom. The number of hydrogen-bond acceptors (Lipinski definition) is 4. The third-order valence-electron chi connectivity index (χ3n) is 3.43. The number of halogens is 3. The second kappa shape index (κ2) is 5.73. The van der Waals surface area contributed by atoms with Gasteiger partial charge in [-0.15, -0.1) is 12.6 Å². The van der Waals surface area contributed by atoms with Crippen LogP contribution in [-0.4, -0.2) is 12.2 Å². The zero-order valence-electron chi connectivity index (χ0n) is 11.5.